The quantitative estimate of drug-likeness (QED) is 0.171. The Morgan fingerprint density at radius 3 is 0.800 bits per heavy atom. The first kappa shape index (κ1) is 37.5. The van der Waals surface area contributed by atoms with E-state index in [0.29, 0.717) is 19.3 Å². The smallest absolute Gasteiger partial charge is 0.240 e. The van der Waals surface area contributed by atoms with Gasteiger partial charge in [0.25, 0.3) is 0 Å². The van der Waals surface area contributed by atoms with Crippen LogP contribution in [0.25, 0.3) is 0 Å². The molecule has 0 aliphatic rings. The Kier molecular flexibility index (Phi) is 17.0. The number of rotatable bonds is 12. The van der Waals surface area contributed by atoms with Gasteiger partial charge in [0.05, 0.1) is 0 Å². The van der Waals surface area contributed by atoms with Crippen molar-refractivity contribution < 1.29 is 28.8 Å². The van der Waals surface area contributed by atoms with E-state index in [2.05, 4.69) is 16.0 Å². The number of hydrogen-bond donors (Lipinski definition) is 6. The molecule has 0 saturated carbocycles. The lowest BCUT2D eigenvalue weighted by Gasteiger charge is -2.13. The molecule has 0 aliphatic heterocycles. The standard InChI is InChI=1S/3C11H14N2O2/c3*1-8(14)13-10(11(12)15)7-9-5-3-2-4-6-9/h3*2-6,10H,7H2,1H3,(H2,12,15)(H,13,14)/t3*10-/m000/s1. The van der Waals surface area contributed by atoms with Gasteiger partial charge in [-0.1, -0.05) is 91.0 Å². The molecule has 3 rings (SSSR count). The maximum atomic E-state index is 11.0. The monoisotopic (exact) mass is 618 g/mol. The second kappa shape index (κ2) is 20.4. The molecular formula is C33H42N6O6. The van der Waals surface area contributed by atoms with E-state index in [-0.39, 0.29) is 17.7 Å². The van der Waals surface area contributed by atoms with Crippen LogP contribution in [0.5, 0.6) is 0 Å². The van der Waals surface area contributed by atoms with Crippen LogP contribution in [-0.2, 0) is 48.0 Å². The average molecular weight is 619 g/mol. The minimum absolute atomic E-state index is 0.255. The molecule has 9 N–H and O–H groups in total. The summed E-state index contributed by atoms with van der Waals surface area (Å²) in [5, 5.41) is 7.54. The van der Waals surface area contributed by atoms with Crippen LogP contribution in [0.4, 0.5) is 0 Å². The van der Waals surface area contributed by atoms with Gasteiger partial charge in [-0.3, -0.25) is 28.8 Å². The molecule has 12 nitrogen and oxygen atoms in total. The predicted octanol–water partition coefficient (Wildman–Crippen LogP) is 0.657. The van der Waals surface area contributed by atoms with Gasteiger partial charge in [0.2, 0.25) is 35.4 Å². The summed E-state index contributed by atoms with van der Waals surface area (Å²) in [6, 6.07) is 26.3. The summed E-state index contributed by atoms with van der Waals surface area (Å²) < 4.78 is 0. The number of carbonyl (C=O) groups excluding carboxylic acids is 6. The maximum Gasteiger partial charge on any atom is 0.240 e. The molecule has 12 heteroatoms. The third-order valence-corrected chi connectivity index (χ3v) is 6.01. The van der Waals surface area contributed by atoms with Gasteiger partial charge in [-0.2, -0.15) is 0 Å². The fourth-order valence-electron chi connectivity index (χ4n) is 3.95. The molecule has 0 unspecified atom stereocenters. The molecule has 0 heterocycles. The zero-order valence-electron chi connectivity index (χ0n) is 25.7. The lowest BCUT2D eigenvalue weighted by molar-refractivity contribution is -0.126. The molecule has 0 bridgehead atoms. The van der Waals surface area contributed by atoms with Crippen LogP contribution in [0.1, 0.15) is 37.5 Å². The van der Waals surface area contributed by atoms with E-state index in [1.807, 2.05) is 91.0 Å². The summed E-state index contributed by atoms with van der Waals surface area (Å²) in [5.74, 6) is -2.32. The number of amides is 6. The van der Waals surface area contributed by atoms with Crippen molar-refractivity contribution in [2.45, 2.75) is 58.2 Å². The zero-order valence-corrected chi connectivity index (χ0v) is 25.7. The Morgan fingerprint density at radius 2 is 0.644 bits per heavy atom. The van der Waals surface area contributed by atoms with E-state index < -0.39 is 35.8 Å². The van der Waals surface area contributed by atoms with Gasteiger partial charge in [0, 0.05) is 40.0 Å². The number of carbonyl (C=O) groups is 6. The van der Waals surface area contributed by atoms with Crippen LogP contribution in [0.3, 0.4) is 0 Å². The normalized spacial score (nSPS) is 11.8. The Labute approximate surface area is 263 Å². The van der Waals surface area contributed by atoms with E-state index >= 15 is 0 Å². The summed E-state index contributed by atoms with van der Waals surface area (Å²) in [6.07, 6.45) is 1.28. The van der Waals surface area contributed by atoms with Gasteiger partial charge in [0.15, 0.2) is 0 Å². The summed E-state index contributed by atoms with van der Waals surface area (Å²) in [5.41, 5.74) is 18.4. The molecule has 45 heavy (non-hydrogen) atoms. The van der Waals surface area contributed by atoms with Crippen molar-refractivity contribution >= 4 is 35.4 Å². The Hall–Kier alpha value is -5.52. The van der Waals surface area contributed by atoms with Crippen molar-refractivity contribution in [1.82, 2.24) is 16.0 Å². The van der Waals surface area contributed by atoms with Crippen molar-refractivity contribution in [3.63, 3.8) is 0 Å². The van der Waals surface area contributed by atoms with Crippen molar-refractivity contribution in [3.05, 3.63) is 108 Å². The Bertz CT molecular complexity index is 1220. The molecular weight excluding hydrogens is 576 g/mol. The van der Waals surface area contributed by atoms with E-state index in [9.17, 15) is 28.8 Å². The number of benzene rings is 3. The summed E-state index contributed by atoms with van der Waals surface area (Å²) in [6.45, 7) is 4.09. The first-order valence-electron chi connectivity index (χ1n) is 14.1. The fourth-order valence-corrected chi connectivity index (χ4v) is 3.95. The lowest BCUT2D eigenvalue weighted by Crippen LogP contribution is -2.44. The first-order chi connectivity index (χ1) is 21.3. The highest BCUT2D eigenvalue weighted by atomic mass is 16.2. The topological polar surface area (TPSA) is 217 Å². The van der Waals surface area contributed by atoms with Crippen LogP contribution in [0.15, 0.2) is 91.0 Å². The van der Waals surface area contributed by atoms with Crippen LogP contribution >= 0.6 is 0 Å². The number of hydrogen-bond acceptors (Lipinski definition) is 6. The molecule has 0 saturated heterocycles. The van der Waals surface area contributed by atoms with Crippen LogP contribution in [0.2, 0.25) is 0 Å². The molecule has 0 fully saturated rings. The average Bonchev–Trinajstić information content (AvgIpc) is 2.98. The number of nitrogens with one attached hydrogen (secondary N) is 3. The lowest BCUT2D eigenvalue weighted by atomic mass is 10.1. The van der Waals surface area contributed by atoms with Crippen molar-refractivity contribution in [2.75, 3.05) is 0 Å². The third kappa shape index (κ3) is 17.3. The molecule has 3 aromatic rings. The third-order valence-electron chi connectivity index (χ3n) is 6.01. The van der Waals surface area contributed by atoms with Gasteiger partial charge >= 0.3 is 0 Å². The number of nitrogens with two attached hydrogens (primary N) is 3. The molecule has 0 spiro atoms. The second-order valence-corrected chi connectivity index (χ2v) is 10.0. The van der Waals surface area contributed by atoms with Gasteiger partial charge < -0.3 is 33.2 Å². The number of primary amides is 3. The fraction of sp³-hybridized carbons (Fsp3) is 0.273. The molecule has 240 valence electrons. The van der Waals surface area contributed by atoms with Gasteiger partial charge in [0.1, 0.15) is 18.1 Å². The maximum absolute atomic E-state index is 11.0. The predicted molar refractivity (Wildman–Crippen MR) is 171 cm³/mol. The largest absolute Gasteiger partial charge is 0.368 e. The van der Waals surface area contributed by atoms with E-state index in [4.69, 9.17) is 17.2 Å². The molecule has 0 radical (unpaired) electrons. The van der Waals surface area contributed by atoms with E-state index in [1.165, 1.54) is 20.8 Å². The van der Waals surface area contributed by atoms with Crippen molar-refractivity contribution in [2.24, 2.45) is 17.2 Å². The Balaban J connectivity index is 0.000000337. The van der Waals surface area contributed by atoms with Crippen LogP contribution in [-0.4, -0.2) is 53.6 Å². The van der Waals surface area contributed by atoms with Crippen molar-refractivity contribution in [3.8, 4) is 0 Å². The molecule has 0 aliphatic carbocycles. The molecule has 3 aromatic carbocycles. The summed E-state index contributed by atoms with van der Waals surface area (Å²) in [4.78, 5) is 65.6. The van der Waals surface area contributed by atoms with Crippen molar-refractivity contribution in [1.29, 1.82) is 0 Å². The zero-order chi connectivity index (χ0) is 33.8. The SMILES string of the molecule is CC(=O)N[C@@H](Cc1ccccc1)C(N)=O.CC(=O)N[C@@H](Cc1ccccc1)C(N)=O.CC(=O)N[C@@H](Cc1ccccc1)C(N)=O. The highest BCUT2D eigenvalue weighted by Gasteiger charge is 2.18. The molecule has 0 aromatic heterocycles. The highest BCUT2D eigenvalue weighted by Crippen LogP contribution is 2.04. The van der Waals surface area contributed by atoms with E-state index in [1.54, 1.807) is 0 Å². The van der Waals surface area contributed by atoms with Crippen LogP contribution < -0.4 is 33.2 Å². The summed E-state index contributed by atoms with van der Waals surface area (Å²) in [7, 11) is 0. The molecule has 3 atom stereocenters. The minimum Gasteiger partial charge on any atom is -0.368 e. The summed E-state index contributed by atoms with van der Waals surface area (Å²) >= 11 is 0. The van der Waals surface area contributed by atoms with Gasteiger partial charge in [-0.15, -0.1) is 0 Å². The highest BCUT2D eigenvalue weighted by molar-refractivity contribution is 5.87. The molecule has 6 amide bonds. The van der Waals surface area contributed by atoms with Gasteiger partial charge in [-0.05, 0) is 16.7 Å². The van der Waals surface area contributed by atoms with Gasteiger partial charge in [-0.25, -0.2) is 0 Å². The second-order valence-electron chi connectivity index (χ2n) is 10.0. The Morgan fingerprint density at radius 1 is 0.444 bits per heavy atom. The minimum atomic E-state index is -0.634. The van der Waals surface area contributed by atoms with E-state index in [0.717, 1.165) is 16.7 Å². The first-order valence-corrected chi connectivity index (χ1v) is 14.1. The van der Waals surface area contributed by atoms with Crippen LogP contribution in [0, 0.1) is 0 Å².